The molecule has 0 atom stereocenters. The highest BCUT2D eigenvalue weighted by atomic mass is 19.1. The molecule has 0 aromatic heterocycles. The van der Waals surface area contributed by atoms with Crippen LogP contribution in [0.5, 0.6) is 5.75 Å². The smallest absolute Gasteiger partial charge is 0.489 e. The first kappa shape index (κ1) is 19.5. The van der Waals surface area contributed by atoms with Gasteiger partial charge in [0.05, 0.1) is 6.61 Å². The third kappa shape index (κ3) is 5.87. The normalized spacial score (nSPS) is 10.7. The van der Waals surface area contributed by atoms with Crippen molar-refractivity contribution in [2.45, 2.75) is 45.4 Å². The predicted molar refractivity (Wildman–Crippen MR) is 101 cm³/mol. The molecule has 0 fully saturated rings. The fraction of sp³-hybridized carbons (Fsp3) is 0.400. The van der Waals surface area contributed by atoms with Gasteiger partial charge in [-0.3, -0.25) is 0 Å². The van der Waals surface area contributed by atoms with Gasteiger partial charge in [-0.2, -0.15) is 0 Å². The molecule has 0 bridgehead atoms. The second-order valence-electron chi connectivity index (χ2n) is 6.22. The predicted octanol–water partition coefficient (Wildman–Crippen LogP) is 3.91. The van der Waals surface area contributed by atoms with Crippen molar-refractivity contribution in [3.8, 4) is 16.9 Å². The van der Waals surface area contributed by atoms with Gasteiger partial charge in [0.15, 0.2) is 11.6 Å². The second kappa shape index (κ2) is 10.2. The molecule has 0 aliphatic carbocycles. The summed E-state index contributed by atoms with van der Waals surface area (Å²) in [7, 11) is -1.59. The van der Waals surface area contributed by atoms with Crippen LogP contribution >= 0.6 is 0 Å². The van der Waals surface area contributed by atoms with Crippen molar-refractivity contribution < 1.29 is 19.2 Å². The molecule has 0 amide bonds. The monoisotopic (exact) mass is 344 g/mol. The van der Waals surface area contributed by atoms with Crippen LogP contribution in [0.3, 0.4) is 0 Å². The zero-order chi connectivity index (χ0) is 18.1. The molecule has 0 aliphatic heterocycles. The molecule has 0 saturated heterocycles. The van der Waals surface area contributed by atoms with Crippen molar-refractivity contribution in [2.75, 3.05) is 6.61 Å². The molecule has 0 heterocycles. The lowest BCUT2D eigenvalue weighted by Gasteiger charge is -2.11. The quantitative estimate of drug-likeness (QED) is 0.507. The molecule has 0 unspecified atom stereocenters. The Morgan fingerprint density at radius 1 is 0.960 bits per heavy atom. The van der Waals surface area contributed by atoms with Gasteiger partial charge < -0.3 is 14.8 Å². The standard InChI is InChI=1S/C20H26BFO3/c1-2-3-4-5-6-9-14-25-20-13-12-16(15-19(20)22)17-10-7-8-11-18(17)21(23)24/h7-8,10-13,15,23-24H,2-6,9,14H2,1H3. The third-order valence-corrected chi connectivity index (χ3v) is 4.24. The van der Waals surface area contributed by atoms with Crippen molar-refractivity contribution in [1.29, 1.82) is 0 Å². The van der Waals surface area contributed by atoms with Crippen LogP contribution < -0.4 is 10.2 Å². The van der Waals surface area contributed by atoms with Gasteiger partial charge in [-0.1, -0.05) is 69.4 Å². The van der Waals surface area contributed by atoms with Crippen LogP contribution in [0.1, 0.15) is 45.4 Å². The average molecular weight is 344 g/mol. The number of hydrogen-bond donors (Lipinski definition) is 2. The summed E-state index contributed by atoms with van der Waals surface area (Å²) in [4.78, 5) is 0. The fourth-order valence-corrected chi connectivity index (χ4v) is 2.83. The molecular formula is C20H26BFO3. The molecule has 3 nitrogen and oxygen atoms in total. The van der Waals surface area contributed by atoms with E-state index in [0.717, 1.165) is 12.8 Å². The summed E-state index contributed by atoms with van der Waals surface area (Å²) in [6.45, 7) is 2.70. The summed E-state index contributed by atoms with van der Waals surface area (Å²) < 4.78 is 19.8. The topological polar surface area (TPSA) is 49.7 Å². The largest absolute Gasteiger partial charge is 0.491 e. The lowest BCUT2D eigenvalue weighted by Crippen LogP contribution is -2.31. The Bertz CT molecular complexity index is 661. The Morgan fingerprint density at radius 2 is 1.68 bits per heavy atom. The Morgan fingerprint density at radius 3 is 2.40 bits per heavy atom. The zero-order valence-corrected chi connectivity index (χ0v) is 14.7. The van der Waals surface area contributed by atoms with Gasteiger partial charge in [0.1, 0.15) is 0 Å². The molecule has 0 aliphatic rings. The molecule has 2 rings (SSSR count). The average Bonchev–Trinajstić information content (AvgIpc) is 2.62. The highest BCUT2D eigenvalue weighted by Gasteiger charge is 2.17. The summed E-state index contributed by atoms with van der Waals surface area (Å²) >= 11 is 0. The number of benzene rings is 2. The number of ether oxygens (including phenoxy) is 1. The second-order valence-corrected chi connectivity index (χ2v) is 6.22. The van der Waals surface area contributed by atoms with Crippen LogP contribution in [0.25, 0.3) is 11.1 Å². The summed E-state index contributed by atoms with van der Waals surface area (Å²) in [5, 5.41) is 18.9. The first-order chi connectivity index (χ1) is 12.1. The lowest BCUT2D eigenvalue weighted by molar-refractivity contribution is 0.290. The van der Waals surface area contributed by atoms with Crippen LogP contribution in [0.15, 0.2) is 42.5 Å². The zero-order valence-electron chi connectivity index (χ0n) is 14.7. The first-order valence-corrected chi connectivity index (χ1v) is 9.01. The molecule has 0 saturated carbocycles. The molecule has 0 spiro atoms. The minimum Gasteiger partial charge on any atom is -0.491 e. The summed E-state index contributed by atoms with van der Waals surface area (Å²) in [6, 6.07) is 11.6. The molecule has 0 radical (unpaired) electrons. The minimum atomic E-state index is -1.59. The molecule has 2 aromatic carbocycles. The van der Waals surface area contributed by atoms with Crippen LogP contribution in [-0.4, -0.2) is 23.8 Å². The van der Waals surface area contributed by atoms with Crippen LogP contribution in [-0.2, 0) is 0 Å². The van der Waals surface area contributed by atoms with E-state index in [0.29, 0.717) is 23.2 Å². The number of hydrogen-bond acceptors (Lipinski definition) is 3. The number of unbranched alkanes of at least 4 members (excludes halogenated alkanes) is 5. The van der Waals surface area contributed by atoms with Crippen LogP contribution in [0.2, 0.25) is 0 Å². The van der Waals surface area contributed by atoms with E-state index in [-0.39, 0.29) is 5.75 Å². The van der Waals surface area contributed by atoms with Gasteiger partial charge in [0.25, 0.3) is 0 Å². The highest BCUT2D eigenvalue weighted by Crippen LogP contribution is 2.25. The minimum absolute atomic E-state index is 0.235. The van der Waals surface area contributed by atoms with E-state index in [1.54, 1.807) is 36.4 Å². The maximum absolute atomic E-state index is 14.3. The third-order valence-electron chi connectivity index (χ3n) is 4.24. The van der Waals surface area contributed by atoms with Crippen molar-refractivity contribution in [2.24, 2.45) is 0 Å². The maximum atomic E-state index is 14.3. The Kier molecular flexibility index (Phi) is 7.96. The highest BCUT2D eigenvalue weighted by molar-refractivity contribution is 6.60. The molecular weight excluding hydrogens is 318 g/mol. The maximum Gasteiger partial charge on any atom is 0.489 e. The molecule has 134 valence electrons. The number of rotatable bonds is 10. The summed E-state index contributed by atoms with van der Waals surface area (Å²) in [5.74, 6) is -0.204. The van der Waals surface area contributed by atoms with Crippen LogP contribution in [0, 0.1) is 5.82 Å². The van der Waals surface area contributed by atoms with E-state index < -0.39 is 12.9 Å². The van der Waals surface area contributed by atoms with Crippen molar-refractivity contribution >= 4 is 12.6 Å². The van der Waals surface area contributed by atoms with Crippen molar-refractivity contribution in [3.63, 3.8) is 0 Å². The van der Waals surface area contributed by atoms with Gasteiger partial charge in [-0.05, 0) is 35.1 Å². The Balaban J connectivity index is 1.95. The van der Waals surface area contributed by atoms with Gasteiger partial charge in [0.2, 0.25) is 0 Å². The molecule has 5 heteroatoms. The van der Waals surface area contributed by atoms with E-state index in [2.05, 4.69) is 6.92 Å². The summed E-state index contributed by atoms with van der Waals surface area (Å²) in [6.07, 6.45) is 6.95. The SMILES string of the molecule is CCCCCCCCOc1ccc(-c2ccccc2B(O)O)cc1F. The molecule has 25 heavy (non-hydrogen) atoms. The number of halogens is 1. The Hall–Kier alpha value is -1.85. The molecule has 2 N–H and O–H groups in total. The Labute approximate surface area is 149 Å². The van der Waals surface area contributed by atoms with Gasteiger partial charge in [-0.25, -0.2) is 4.39 Å². The molecule has 2 aromatic rings. The van der Waals surface area contributed by atoms with E-state index in [1.165, 1.54) is 31.7 Å². The van der Waals surface area contributed by atoms with Gasteiger partial charge >= 0.3 is 7.12 Å². The van der Waals surface area contributed by atoms with Crippen LogP contribution in [0.4, 0.5) is 4.39 Å². The van der Waals surface area contributed by atoms with E-state index in [9.17, 15) is 14.4 Å². The fourth-order valence-electron chi connectivity index (χ4n) is 2.83. The first-order valence-electron chi connectivity index (χ1n) is 9.01. The van der Waals surface area contributed by atoms with Crippen molar-refractivity contribution in [3.05, 3.63) is 48.3 Å². The summed E-state index contributed by atoms with van der Waals surface area (Å²) in [5.41, 5.74) is 1.54. The van der Waals surface area contributed by atoms with Crippen molar-refractivity contribution in [1.82, 2.24) is 0 Å². The van der Waals surface area contributed by atoms with E-state index >= 15 is 0 Å². The lowest BCUT2D eigenvalue weighted by atomic mass is 9.75. The van der Waals surface area contributed by atoms with Gasteiger partial charge in [0, 0.05) is 0 Å². The van der Waals surface area contributed by atoms with Gasteiger partial charge in [-0.15, -0.1) is 0 Å². The van der Waals surface area contributed by atoms with E-state index in [4.69, 9.17) is 4.74 Å². The van der Waals surface area contributed by atoms with E-state index in [1.807, 2.05) is 0 Å².